The van der Waals surface area contributed by atoms with Crippen LogP contribution in [0.2, 0.25) is 5.02 Å². The highest BCUT2D eigenvalue weighted by atomic mass is 35.5. The summed E-state index contributed by atoms with van der Waals surface area (Å²) >= 11 is 8.43. The fraction of sp³-hybridized carbons (Fsp3) is 0.483. The number of aliphatic hydroxyl groups is 2. The second-order valence-electron chi connectivity index (χ2n) is 9.92. The summed E-state index contributed by atoms with van der Waals surface area (Å²) in [6, 6.07) is 14.2. The van der Waals surface area contributed by atoms with Gasteiger partial charge >= 0.3 is 0 Å². The Morgan fingerprint density at radius 2 is 1.97 bits per heavy atom. The lowest BCUT2D eigenvalue weighted by molar-refractivity contribution is 0.0238. The Kier molecular flexibility index (Phi) is 9.53. The largest absolute Gasteiger partial charge is 0.497 e. The second-order valence-corrected chi connectivity index (χ2v) is 11.5. The summed E-state index contributed by atoms with van der Waals surface area (Å²) in [5.74, 6) is 1.82. The van der Waals surface area contributed by atoms with Crippen LogP contribution in [-0.2, 0) is 0 Å². The number of aliphatic hydroxyl groups excluding tert-OH is 2. The summed E-state index contributed by atoms with van der Waals surface area (Å²) in [5, 5.41) is 22.7. The number of rotatable bonds is 11. The first-order valence-corrected chi connectivity index (χ1v) is 14.1. The van der Waals surface area contributed by atoms with E-state index in [1.807, 2.05) is 30.0 Å². The number of nitrogens with zero attached hydrogens (tertiary/aromatic N) is 2. The van der Waals surface area contributed by atoms with E-state index in [0.29, 0.717) is 22.8 Å². The number of halogens is 1. The van der Waals surface area contributed by atoms with Crippen molar-refractivity contribution >= 4 is 34.3 Å². The van der Waals surface area contributed by atoms with Crippen LogP contribution in [0.1, 0.15) is 49.3 Å². The number of thioether (sulfide) groups is 1. The molecule has 0 amide bonds. The van der Waals surface area contributed by atoms with Crippen molar-refractivity contribution in [2.45, 2.75) is 50.0 Å². The Balaban J connectivity index is 1.30. The van der Waals surface area contributed by atoms with Crippen molar-refractivity contribution < 1.29 is 14.9 Å². The summed E-state index contributed by atoms with van der Waals surface area (Å²) < 4.78 is 5.37. The van der Waals surface area contributed by atoms with Crippen LogP contribution in [-0.4, -0.2) is 59.2 Å². The van der Waals surface area contributed by atoms with Crippen LogP contribution in [0.25, 0.3) is 10.9 Å². The predicted octanol–water partition coefficient (Wildman–Crippen LogP) is 6.28. The average molecular weight is 529 g/mol. The van der Waals surface area contributed by atoms with Gasteiger partial charge in [0.2, 0.25) is 0 Å². The molecule has 2 heterocycles. The highest BCUT2D eigenvalue weighted by Crippen LogP contribution is 2.40. The molecular weight excluding hydrogens is 492 g/mol. The lowest BCUT2D eigenvalue weighted by atomic mass is 9.74. The Morgan fingerprint density at radius 1 is 1.19 bits per heavy atom. The molecule has 0 spiro atoms. The molecule has 1 saturated heterocycles. The van der Waals surface area contributed by atoms with E-state index in [1.54, 1.807) is 13.3 Å². The predicted molar refractivity (Wildman–Crippen MR) is 149 cm³/mol. The molecule has 3 aromatic rings. The minimum Gasteiger partial charge on any atom is -0.497 e. The van der Waals surface area contributed by atoms with E-state index in [4.69, 9.17) is 16.3 Å². The van der Waals surface area contributed by atoms with Crippen LogP contribution in [0.5, 0.6) is 5.75 Å². The number of hydrogen-bond acceptors (Lipinski definition) is 6. The number of pyridine rings is 1. The summed E-state index contributed by atoms with van der Waals surface area (Å²) in [5.41, 5.74) is 2.66. The first-order valence-electron chi connectivity index (χ1n) is 12.8. The minimum atomic E-state index is -0.727. The molecule has 1 aliphatic rings. The number of hydrogen-bond donors (Lipinski definition) is 2. The van der Waals surface area contributed by atoms with Crippen molar-refractivity contribution in [2.75, 3.05) is 39.1 Å². The van der Waals surface area contributed by atoms with Crippen LogP contribution < -0.4 is 4.74 Å². The number of piperidine rings is 1. The monoisotopic (exact) mass is 528 g/mol. The molecular formula is C29H37ClN2O3S. The zero-order valence-electron chi connectivity index (χ0n) is 21.3. The molecule has 1 aromatic heterocycles. The molecule has 0 bridgehead atoms. The first kappa shape index (κ1) is 27.2. The number of aromatic nitrogens is 1. The number of likely N-dealkylation sites (tertiary alicyclic amines) is 1. The van der Waals surface area contributed by atoms with E-state index in [0.717, 1.165) is 62.0 Å². The Labute approximate surface area is 223 Å². The molecule has 1 atom stereocenters. The van der Waals surface area contributed by atoms with E-state index in [1.165, 1.54) is 10.5 Å². The van der Waals surface area contributed by atoms with Gasteiger partial charge in [-0.05, 0) is 99.7 Å². The molecule has 1 fully saturated rings. The van der Waals surface area contributed by atoms with E-state index in [2.05, 4.69) is 41.1 Å². The quantitative estimate of drug-likeness (QED) is 0.226. The minimum absolute atomic E-state index is 0.148. The molecule has 194 valence electrons. The lowest BCUT2D eigenvalue weighted by Crippen LogP contribution is -2.42. The number of benzene rings is 2. The third kappa shape index (κ3) is 6.53. The third-order valence-corrected chi connectivity index (χ3v) is 9.13. The fourth-order valence-corrected chi connectivity index (χ4v) is 6.39. The molecule has 0 unspecified atom stereocenters. The molecule has 0 radical (unpaired) electrons. The van der Waals surface area contributed by atoms with Crippen LogP contribution >= 0.6 is 23.4 Å². The van der Waals surface area contributed by atoms with E-state index < -0.39 is 6.10 Å². The zero-order valence-corrected chi connectivity index (χ0v) is 22.8. The van der Waals surface area contributed by atoms with Gasteiger partial charge in [-0.25, -0.2) is 0 Å². The molecule has 1 aliphatic heterocycles. The average Bonchev–Trinajstić information content (AvgIpc) is 2.91. The maximum absolute atomic E-state index is 11.2. The topological polar surface area (TPSA) is 65.8 Å². The van der Waals surface area contributed by atoms with E-state index in [-0.39, 0.29) is 12.0 Å². The van der Waals surface area contributed by atoms with Gasteiger partial charge in [0.15, 0.2) is 0 Å². The zero-order chi connectivity index (χ0) is 25.5. The Hall–Kier alpha value is -1.83. The molecule has 0 aliphatic carbocycles. The molecule has 0 saturated carbocycles. The standard InChI is InChI=1S/C29H37ClN2O3S/c1-21-6-3-4-7-27(21)36-17-5-14-32-15-12-29(20-33,13-16-32)11-10-26(34)28-23-18-22(35-2)8-9-25(23)31-19-24(28)30/h3-4,6-9,18-19,26,33-34H,5,10-17,20H2,1-2H3/t26-/m1/s1. The smallest absolute Gasteiger partial charge is 0.119 e. The van der Waals surface area contributed by atoms with Crippen molar-refractivity contribution in [3.8, 4) is 5.75 Å². The van der Waals surface area contributed by atoms with Gasteiger partial charge < -0.3 is 19.8 Å². The van der Waals surface area contributed by atoms with Crippen molar-refractivity contribution in [2.24, 2.45) is 5.41 Å². The van der Waals surface area contributed by atoms with Gasteiger partial charge in [0.1, 0.15) is 5.75 Å². The van der Waals surface area contributed by atoms with Crippen LogP contribution in [0.15, 0.2) is 53.6 Å². The molecule has 2 N–H and O–H groups in total. The van der Waals surface area contributed by atoms with Gasteiger partial charge in [0.25, 0.3) is 0 Å². The molecule has 36 heavy (non-hydrogen) atoms. The number of ether oxygens (including phenoxy) is 1. The van der Waals surface area contributed by atoms with E-state index >= 15 is 0 Å². The molecule has 5 nitrogen and oxygen atoms in total. The van der Waals surface area contributed by atoms with Gasteiger partial charge in [-0.15, -0.1) is 11.8 Å². The highest BCUT2D eigenvalue weighted by Gasteiger charge is 2.34. The fourth-order valence-electron chi connectivity index (χ4n) is 5.15. The van der Waals surface area contributed by atoms with Gasteiger partial charge in [-0.2, -0.15) is 0 Å². The molecule has 4 rings (SSSR count). The van der Waals surface area contributed by atoms with Crippen molar-refractivity contribution in [3.05, 3.63) is 64.8 Å². The summed E-state index contributed by atoms with van der Waals surface area (Å²) in [6.07, 6.45) is 5.22. The lowest BCUT2D eigenvalue weighted by Gasteiger charge is -2.41. The highest BCUT2D eigenvalue weighted by molar-refractivity contribution is 7.99. The number of fused-ring (bicyclic) bond motifs is 1. The maximum atomic E-state index is 11.2. The first-order chi connectivity index (χ1) is 17.4. The molecule has 2 aromatic carbocycles. The van der Waals surface area contributed by atoms with Crippen LogP contribution in [0.4, 0.5) is 0 Å². The second kappa shape index (κ2) is 12.6. The van der Waals surface area contributed by atoms with Crippen molar-refractivity contribution in [3.63, 3.8) is 0 Å². The van der Waals surface area contributed by atoms with Crippen molar-refractivity contribution in [1.82, 2.24) is 9.88 Å². The maximum Gasteiger partial charge on any atom is 0.119 e. The Morgan fingerprint density at radius 3 is 2.69 bits per heavy atom. The van der Waals surface area contributed by atoms with Crippen LogP contribution in [0, 0.1) is 12.3 Å². The summed E-state index contributed by atoms with van der Waals surface area (Å²) in [7, 11) is 1.62. The van der Waals surface area contributed by atoms with E-state index in [9.17, 15) is 10.2 Å². The third-order valence-electron chi connectivity index (χ3n) is 7.57. The number of methoxy groups -OCH3 is 1. The van der Waals surface area contributed by atoms with Crippen molar-refractivity contribution in [1.29, 1.82) is 0 Å². The van der Waals surface area contributed by atoms with Gasteiger partial charge in [-0.3, -0.25) is 4.98 Å². The summed E-state index contributed by atoms with van der Waals surface area (Å²) in [4.78, 5) is 8.28. The van der Waals surface area contributed by atoms with Gasteiger partial charge in [0, 0.05) is 28.6 Å². The molecule has 7 heteroatoms. The SMILES string of the molecule is COc1ccc2ncc(Cl)c([C@H](O)CCC3(CO)CCN(CCCSc4ccccc4C)CC3)c2c1. The van der Waals surface area contributed by atoms with Gasteiger partial charge in [-0.1, -0.05) is 29.8 Å². The number of aryl methyl sites for hydroxylation is 1. The normalized spacial score (nSPS) is 16.8. The van der Waals surface area contributed by atoms with Gasteiger partial charge in [0.05, 0.1) is 23.8 Å². The van der Waals surface area contributed by atoms with Crippen LogP contribution in [0.3, 0.4) is 0 Å². The Bertz CT molecular complexity index is 1150. The summed E-state index contributed by atoms with van der Waals surface area (Å²) in [6.45, 7) is 5.38.